The summed E-state index contributed by atoms with van der Waals surface area (Å²) in [6, 6.07) is 18.1. The van der Waals surface area contributed by atoms with Crippen LogP contribution in [0.3, 0.4) is 0 Å². The van der Waals surface area contributed by atoms with Gasteiger partial charge in [0.15, 0.2) is 0 Å². The van der Waals surface area contributed by atoms with Crippen molar-refractivity contribution in [2.45, 2.75) is 12.8 Å². The molecular formula is C26H23N5O4. The van der Waals surface area contributed by atoms with Crippen molar-refractivity contribution >= 4 is 17.6 Å². The number of hydrogen-bond donors (Lipinski definition) is 1. The summed E-state index contributed by atoms with van der Waals surface area (Å²) in [5.74, 6) is -1.72. The highest BCUT2D eigenvalue weighted by molar-refractivity contribution is 6.06. The lowest BCUT2D eigenvalue weighted by molar-refractivity contribution is -0.139. The number of rotatable bonds is 5. The van der Waals surface area contributed by atoms with E-state index in [2.05, 4.69) is 11.1 Å². The molecule has 2 N–H and O–H groups in total. The summed E-state index contributed by atoms with van der Waals surface area (Å²) in [7, 11) is 2.43. The first kappa shape index (κ1) is 23.3. The van der Waals surface area contributed by atoms with Crippen LogP contribution in [0.4, 0.5) is 5.69 Å². The molecule has 2 heterocycles. The number of allylic oxidation sites excluding steroid dienone is 1. The lowest BCUT2D eigenvalue weighted by Crippen LogP contribution is -2.40. The van der Waals surface area contributed by atoms with Crippen LogP contribution < -0.4 is 10.6 Å². The summed E-state index contributed by atoms with van der Waals surface area (Å²) in [6.45, 7) is 1.86. The Morgan fingerprint density at radius 2 is 1.71 bits per heavy atom. The Morgan fingerprint density at radius 1 is 1.03 bits per heavy atom. The maximum atomic E-state index is 13.2. The van der Waals surface area contributed by atoms with Crippen LogP contribution in [0.25, 0.3) is 5.69 Å². The zero-order chi connectivity index (χ0) is 25.1. The number of benzene rings is 2. The Bertz CT molecular complexity index is 1400. The molecule has 4 rings (SSSR count). The van der Waals surface area contributed by atoms with Gasteiger partial charge in [-0.15, -0.1) is 0 Å². The van der Waals surface area contributed by atoms with E-state index in [1.165, 1.54) is 19.1 Å². The van der Waals surface area contributed by atoms with Crippen LogP contribution in [-0.2, 0) is 19.1 Å². The van der Waals surface area contributed by atoms with Gasteiger partial charge >= 0.3 is 11.9 Å². The maximum Gasteiger partial charge on any atom is 0.355 e. The summed E-state index contributed by atoms with van der Waals surface area (Å²) in [5.41, 5.74) is 8.30. The van der Waals surface area contributed by atoms with Crippen LogP contribution in [0, 0.1) is 18.3 Å². The van der Waals surface area contributed by atoms with Gasteiger partial charge in [-0.1, -0.05) is 36.4 Å². The van der Waals surface area contributed by atoms with E-state index in [1.807, 2.05) is 23.6 Å². The van der Waals surface area contributed by atoms with Crippen molar-refractivity contribution in [1.29, 1.82) is 5.26 Å². The first-order chi connectivity index (χ1) is 16.9. The third-order valence-electron chi connectivity index (χ3n) is 5.80. The highest BCUT2D eigenvalue weighted by atomic mass is 16.5. The van der Waals surface area contributed by atoms with Crippen LogP contribution >= 0.6 is 0 Å². The van der Waals surface area contributed by atoms with Crippen LogP contribution in [0.1, 0.15) is 17.3 Å². The number of ether oxygens (including phenoxy) is 2. The molecule has 0 spiro atoms. The third kappa shape index (κ3) is 4.02. The SMILES string of the molecule is COC(=O)C1=C(C(=O)OC)N(c2cccc(-n3ccnc3C)c2)C(N)=C(C#N)C1c1ccccc1. The molecule has 1 aromatic heterocycles. The minimum Gasteiger partial charge on any atom is -0.466 e. The number of esters is 2. The zero-order valence-electron chi connectivity index (χ0n) is 19.4. The molecule has 2 aromatic carbocycles. The number of carbonyl (C=O) groups excluding carboxylic acids is 2. The zero-order valence-corrected chi connectivity index (χ0v) is 19.4. The Kier molecular flexibility index (Phi) is 6.38. The highest BCUT2D eigenvalue weighted by Gasteiger charge is 2.43. The minimum atomic E-state index is -0.918. The molecule has 0 saturated heterocycles. The van der Waals surface area contributed by atoms with Gasteiger partial charge < -0.3 is 19.8 Å². The van der Waals surface area contributed by atoms with Gasteiger partial charge in [0.2, 0.25) is 0 Å². The molecule has 35 heavy (non-hydrogen) atoms. The molecule has 1 unspecified atom stereocenters. The molecular weight excluding hydrogens is 446 g/mol. The van der Waals surface area contributed by atoms with Gasteiger partial charge in [-0.05, 0) is 30.7 Å². The van der Waals surface area contributed by atoms with Crippen LogP contribution in [0.2, 0.25) is 0 Å². The van der Waals surface area contributed by atoms with Crippen molar-refractivity contribution in [1.82, 2.24) is 9.55 Å². The fourth-order valence-electron chi connectivity index (χ4n) is 4.21. The fraction of sp³-hybridized carbons (Fsp3) is 0.154. The average molecular weight is 470 g/mol. The van der Waals surface area contributed by atoms with Crippen LogP contribution in [0.15, 0.2) is 89.7 Å². The molecule has 0 aliphatic carbocycles. The van der Waals surface area contributed by atoms with Crippen molar-refractivity contribution in [2.75, 3.05) is 19.1 Å². The number of anilines is 1. The van der Waals surface area contributed by atoms with Gasteiger partial charge in [0.1, 0.15) is 17.3 Å². The van der Waals surface area contributed by atoms with E-state index in [1.54, 1.807) is 54.9 Å². The molecule has 3 aromatic rings. The standard InChI is InChI=1S/C26H23N5O4/c1-16-29-12-13-30(16)18-10-7-11-19(14-18)31-23(26(33)35-3)22(25(32)34-2)21(20(15-27)24(31)28)17-8-5-4-6-9-17/h4-14,21H,28H2,1-3H3. The number of imidazole rings is 1. The van der Waals surface area contributed by atoms with E-state index in [0.717, 1.165) is 11.5 Å². The summed E-state index contributed by atoms with van der Waals surface area (Å²) < 4.78 is 12.0. The largest absolute Gasteiger partial charge is 0.466 e. The van der Waals surface area contributed by atoms with E-state index in [-0.39, 0.29) is 22.7 Å². The second-order valence-electron chi connectivity index (χ2n) is 7.70. The molecule has 0 radical (unpaired) electrons. The number of hydrogen-bond acceptors (Lipinski definition) is 8. The maximum absolute atomic E-state index is 13.2. The average Bonchev–Trinajstić information content (AvgIpc) is 3.33. The molecule has 1 aliphatic rings. The Balaban J connectivity index is 2.03. The molecule has 9 heteroatoms. The molecule has 0 amide bonds. The minimum absolute atomic E-state index is 0.00825. The lowest BCUT2D eigenvalue weighted by atomic mass is 9.81. The topological polar surface area (TPSA) is 123 Å². The highest BCUT2D eigenvalue weighted by Crippen LogP contribution is 2.43. The van der Waals surface area contributed by atoms with Crippen molar-refractivity contribution in [3.8, 4) is 11.8 Å². The summed E-state index contributed by atoms with van der Waals surface area (Å²) in [5, 5.41) is 10.1. The third-order valence-corrected chi connectivity index (χ3v) is 5.80. The van der Waals surface area contributed by atoms with Gasteiger partial charge in [0.05, 0.1) is 37.4 Å². The van der Waals surface area contributed by atoms with E-state index in [0.29, 0.717) is 11.3 Å². The fourth-order valence-corrected chi connectivity index (χ4v) is 4.21. The summed E-state index contributed by atoms with van der Waals surface area (Å²) in [4.78, 5) is 31.9. The number of carbonyl (C=O) groups is 2. The van der Waals surface area contributed by atoms with Gasteiger partial charge in [-0.2, -0.15) is 5.26 Å². The molecule has 0 saturated carbocycles. The Morgan fingerprint density at radius 3 is 2.31 bits per heavy atom. The normalized spacial score (nSPS) is 15.6. The number of aromatic nitrogens is 2. The van der Waals surface area contributed by atoms with Crippen molar-refractivity contribution < 1.29 is 19.1 Å². The number of nitrogens with two attached hydrogens (primary N) is 1. The second kappa shape index (κ2) is 9.57. The number of aryl methyl sites for hydroxylation is 1. The predicted molar refractivity (Wildman–Crippen MR) is 128 cm³/mol. The van der Waals surface area contributed by atoms with Crippen LogP contribution in [-0.4, -0.2) is 35.7 Å². The Labute approximate surface area is 202 Å². The van der Waals surface area contributed by atoms with E-state index in [4.69, 9.17) is 15.2 Å². The predicted octanol–water partition coefficient (Wildman–Crippen LogP) is 3.08. The molecule has 0 bridgehead atoms. The summed E-state index contributed by atoms with van der Waals surface area (Å²) >= 11 is 0. The summed E-state index contributed by atoms with van der Waals surface area (Å²) in [6.07, 6.45) is 3.47. The molecule has 1 atom stereocenters. The second-order valence-corrected chi connectivity index (χ2v) is 7.70. The van der Waals surface area contributed by atoms with Crippen molar-refractivity contribution in [3.63, 3.8) is 0 Å². The van der Waals surface area contributed by atoms with E-state index in [9.17, 15) is 14.9 Å². The van der Waals surface area contributed by atoms with E-state index < -0.39 is 17.9 Å². The quantitative estimate of drug-likeness (QED) is 0.566. The van der Waals surface area contributed by atoms with Gasteiger partial charge in [-0.3, -0.25) is 4.90 Å². The lowest BCUT2D eigenvalue weighted by Gasteiger charge is -2.36. The van der Waals surface area contributed by atoms with Gasteiger partial charge in [0, 0.05) is 23.8 Å². The van der Waals surface area contributed by atoms with Crippen molar-refractivity contribution in [2.24, 2.45) is 5.73 Å². The first-order valence-electron chi connectivity index (χ1n) is 10.7. The molecule has 176 valence electrons. The molecule has 1 aliphatic heterocycles. The first-order valence-corrected chi connectivity index (χ1v) is 10.7. The smallest absolute Gasteiger partial charge is 0.355 e. The van der Waals surface area contributed by atoms with Crippen molar-refractivity contribution in [3.05, 3.63) is 101 Å². The Hall–Kier alpha value is -4.84. The number of methoxy groups -OCH3 is 2. The van der Waals surface area contributed by atoms with Gasteiger partial charge in [0.25, 0.3) is 0 Å². The van der Waals surface area contributed by atoms with E-state index >= 15 is 0 Å². The van der Waals surface area contributed by atoms with Gasteiger partial charge in [-0.25, -0.2) is 14.6 Å². The monoisotopic (exact) mass is 469 g/mol. The number of nitrogens with zero attached hydrogens (tertiary/aromatic N) is 4. The molecule has 9 nitrogen and oxygen atoms in total. The number of nitriles is 1. The molecule has 0 fully saturated rings. The van der Waals surface area contributed by atoms with Crippen LogP contribution in [0.5, 0.6) is 0 Å².